The largest absolute Gasteiger partial charge is 0.461 e. The van der Waals surface area contributed by atoms with Crippen LogP contribution in [0, 0.1) is 11.8 Å². The van der Waals surface area contributed by atoms with Gasteiger partial charge in [-0.3, -0.25) is 28.8 Å². The molecule has 23 heteroatoms. The lowest BCUT2D eigenvalue weighted by Crippen LogP contribution is -2.60. The fraction of sp³-hybridized carbons (Fsp3) is 0.758. The Morgan fingerprint density at radius 1 is 0.576 bits per heavy atom. The number of carbonyl (C=O) groups excluding carboxylic acids is 6. The van der Waals surface area contributed by atoms with Gasteiger partial charge in [0.1, 0.15) is 59.0 Å². The van der Waals surface area contributed by atoms with Crippen LogP contribution in [0.15, 0.2) is 30.3 Å². The third kappa shape index (κ3) is 20.8. The third-order valence-electron chi connectivity index (χ3n) is 17.0. The van der Waals surface area contributed by atoms with E-state index in [0.29, 0.717) is 179 Å². The van der Waals surface area contributed by atoms with E-state index in [9.17, 15) is 49.2 Å². The van der Waals surface area contributed by atoms with Crippen molar-refractivity contribution < 1.29 is 82.4 Å². The number of aromatic nitrogens is 3. The number of hydrogen-bond acceptors (Lipinski definition) is 22. The first-order valence-electron chi connectivity index (χ1n) is 31.3. The van der Waals surface area contributed by atoms with Crippen molar-refractivity contribution in [1.82, 2.24) is 19.9 Å². The quantitative estimate of drug-likeness (QED) is 0.0428. The van der Waals surface area contributed by atoms with E-state index in [-0.39, 0.29) is 99.1 Å². The minimum absolute atomic E-state index is 0.0381. The zero-order valence-electron chi connectivity index (χ0n) is 50.1. The van der Waals surface area contributed by atoms with Crippen molar-refractivity contribution in [3.8, 4) is 0 Å². The van der Waals surface area contributed by atoms with E-state index in [1.807, 2.05) is 35.2 Å². The molecule has 1 aromatic carbocycles. The average molecular weight is 1200 g/mol. The molecule has 5 saturated heterocycles. The number of esters is 1. The summed E-state index contributed by atoms with van der Waals surface area (Å²) in [4.78, 5) is 94.5. The SMILES string of the molecule is C[C@H]1[C@H]2OC[C@](COCCCCC(=O)CCCCCC(=O)CCCc3nc(NCCC(=O)CCCCCC(=O)CCCCOC[C@@]45CO[C@@H](O4)[C@H](C)[C@@H](O)C5O)nc(N4CCN(C(=O)CCCC(=O)OCc5ccccc5)CC4)n3)(O2)C(O)[C@@H]1O. The standard InChI is InChI=1S/C62H94N6O17/c1-43-53(75)55(77)61(41-82-57(43)84-61)39-79-36-14-12-24-46(69)20-8-4-10-22-48(71)26-16-27-50-64-59(66-60(65-50)68-34-32-67(33-35-68)51(73)28-17-29-52(74)81-38-45-18-6-3-7-19-45)63-31-30-49(72)23-11-5-9-21-47(70)25-13-15-37-80-40-62-42-83-58(85-62)44(2)54(76)56(62)78/h3,6-7,18-19,43-44,53-58,75-78H,4-5,8-17,20-42H2,1-2H3,(H,63,64,65,66)/t43-,44-,53-,54-,55?,56?,57+,58+,61+,62+/m1/s1. The molecule has 5 aliphatic rings. The van der Waals surface area contributed by atoms with Crippen molar-refractivity contribution in [3.63, 3.8) is 0 Å². The van der Waals surface area contributed by atoms with E-state index in [4.69, 9.17) is 43.1 Å². The molecule has 7 rings (SSSR count). The highest BCUT2D eigenvalue weighted by molar-refractivity contribution is 5.80. The maximum absolute atomic E-state index is 13.2. The minimum atomic E-state index is -1.10. The second-order valence-electron chi connectivity index (χ2n) is 23.9. The highest BCUT2D eigenvalue weighted by Gasteiger charge is 2.59. The van der Waals surface area contributed by atoms with Crippen molar-refractivity contribution >= 4 is 46.9 Å². The Balaban J connectivity index is 0.762. The van der Waals surface area contributed by atoms with Gasteiger partial charge in [0.15, 0.2) is 12.6 Å². The van der Waals surface area contributed by atoms with Gasteiger partial charge in [-0.1, -0.05) is 57.0 Å². The number of Topliss-reactive ketones (excluding diaryl/α,β-unsaturated/α-hetero) is 4. The monoisotopic (exact) mass is 1190 g/mol. The number of ether oxygens (including phenoxy) is 7. The molecule has 0 aliphatic carbocycles. The molecule has 1 amide bonds. The molecule has 5 aliphatic heterocycles. The van der Waals surface area contributed by atoms with Crippen LogP contribution in [-0.4, -0.2) is 196 Å². The molecule has 6 heterocycles. The molecule has 2 aromatic rings. The van der Waals surface area contributed by atoms with Crippen LogP contribution < -0.4 is 10.2 Å². The third-order valence-corrected chi connectivity index (χ3v) is 17.0. The number of amides is 1. The van der Waals surface area contributed by atoms with E-state index in [2.05, 4.69) is 10.3 Å². The van der Waals surface area contributed by atoms with Crippen molar-refractivity contribution in [1.29, 1.82) is 0 Å². The number of nitrogens with zero attached hydrogens (tertiary/aromatic N) is 5. The molecule has 474 valence electrons. The van der Waals surface area contributed by atoms with Crippen molar-refractivity contribution in [2.75, 3.05) is 82.6 Å². The van der Waals surface area contributed by atoms with Gasteiger partial charge in [-0.05, 0) is 69.8 Å². The summed E-state index contributed by atoms with van der Waals surface area (Å²) in [6.07, 6.45) is 6.72. The number of aliphatic hydroxyl groups excluding tert-OH is 4. The topological polar surface area (TPSA) is 305 Å². The summed E-state index contributed by atoms with van der Waals surface area (Å²) in [7, 11) is 0. The summed E-state index contributed by atoms with van der Waals surface area (Å²) >= 11 is 0. The molecule has 0 saturated carbocycles. The van der Waals surface area contributed by atoms with Gasteiger partial charge < -0.3 is 68.7 Å². The Hall–Kier alpha value is -4.95. The molecular formula is C62H94N6O17. The highest BCUT2D eigenvalue weighted by Crippen LogP contribution is 2.41. The molecule has 4 bridgehead atoms. The molecule has 5 fully saturated rings. The van der Waals surface area contributed by atoms with Gasteiger partial charge in [0, 0.05) is 128 Å². The van der Waals surface area contributed by atoms with Gasteiger partial charge >= 0.3 is 5.97 Å². The number of unbranched alkanes of at least 4 members (excludes halogenated alkanes) is 6. The molecule has 1 aromatic heterocycles. The maximum atomic E-state index is 13.2. The van der Waals surface area contributed by atoms with Crippen molar-refractivity contribution in [3.05, 3.63) is 41.7 Å². The Morgan fingerprint density at radius 2 is 1.07 bits per heavy atom. The summed E-state index contributed by atoms with van der Waals surface area (Å²) < 4.78 is 39.9. The molecule has 10 atom stereocenters. The Kier molecular flexibility index (Phi) is 27.5. The number of carbonyl (C=O) groups is 6. The van der Waals surface area contributed by atoms with Crippen LogP contribution in [0.2, 0.25) is 0 Å². The molecule has 0 radical (unpaired) electrons. The van der Waals surface area contributed by atoms with Gasteiger partial charge in [-0.2, -0.15) is 15.0 Å². The van der Waals surface area contributed by atoms with Gasteiger partial charge in [-0.25, -0.2) is 0 Å². The first-order chi connectivity index (χ1) is 41.0. The molecule has 23 nitrogen and oxygen atoms in total. The van der Waals surface area contributed by atoms with Crippen LogP contribution in [0.25, 0.3) is 0 Å². The number of fused-ring (bicyclic) bond motifs is 4. The highest BCUT2D eigenvalue weighted by atomic mass is 16.8. The van der Waals surface area contributed by atoms with E-state index >= 15 is 0 Å². The van der Waals surface area contributed by atoms with Crippen LogP contribution in [0.3, 0.4) is 0 Å². The summed E-state index contributed by atoms with van der Waals surface area (Å²) in [6.45, 7) is 7.19. The first-order valence-corrected chi connectivity index (χ1v) is 31.3. The van der Waals surface area contributed by atoms with Crippen molar-refractivity contribution in [2.45, 2.75) is 216 Å². The van der Waals surface area contributed by atoms with Crippen LogP contribution in [0.4, 0.5) is 11.9 Å². The lowest BCUT2D eigenvalue weighted by molar-refractivity contribution is -0.248. The number of ketones is 4. The number of nitrogens with one attached hydrogen (secondary N) is 1. The number of benzene rings is 1. The molecule has 0 spiro atoms. The molecule has 85 heavy (non-hydrogen) atoms. The predicted octanol–water partition coefficient (Wildman–Crippen LogP) is 5.08. The van der Waals surface area contributed by atoms with Crippen LogP contribution in [-0.2, 0) is 75.0 Å². The average Bonchev–Trinajstić information content (AvgIpc) is 1.83. The predicted molar refractivity (Wildman–Crippen MR) is 310 cm³/mol. The first kappa shape index (κ1) is 67.6. The maximum Gasteiger partial charge on any atom is 0.306 e. The van der Waals surface area contributed by atoms with E-state index in [0.717, 1.165) is 18.4 Å². The number of aliphatic hydroxyl groups is 4. The molecular weight excluding hydrogens is 1100 g/mol. The summed E-state index contributed by atoms with van der Waals surface area (Å²) in [6, 6.07) is 9.43. The van der Waals surface area contributed by atoms with Crippen LogP contribution in [0.1, 0.15) is 166 Å². The van der Waals surface area contributed by atoms with E-state index in [1.165, 1.54) is 0 Å². The zero-order valence-corrected chi connectivity index (χ0v) is 50.1. The summed E-state index contributed by atoms with van der Waals surface area (Å²) in [5.74, 6) is 0.780. The Morgan fingerprint density at radius 3 is 1.60 bits per heavy atom. The lowest BCUT2D eigenvalue weighted by atomic mass is 9.86. The second-order valence-corrected chi connectivity index (χ2v) is 23.9. The number of piperazine rings is 1. The van der Waals surface area contributed by atoms with Crippen molar-refractivity contribution in [2.24, 2.45) is 11.8 Å². The van der Waals surface area contributed by atoms with Gasteiger partial charge in [0.2, 0.25) is 17.8 Å². The fourth-order valence-corrected chi connectivity index (χ4v) is 11.4. The Labute approximate surface area is 499 Å². The number of rotatable bonds is 41. The number of hydrogen-bond donors (Lipinski definition) is 5. The lowest BCUT2D eigenvalue weighted by Gasteiger charge is -2.41. The Bertz CT molecular complexity index is 2320. The number of anilines is 2. The fourth-order valence-electron chi connectivity index (χ4n) is 11.4. The van der Waals surface area contributed by atoms with Gasteiger partial charge in [0.25, 0.3) is 0 Å². The number of aryl methyl sites for hydroxylation is 1. The zero-order chi connectivity index (χ0) is 60.6. The second kappa shape index (κ2) is 34.6. The molecule has 2 unspecified atom stereocenters. The van der Waals surface area contributed by atoms with Gasteiger partial charge in [-0.15, -0.1) is 0 Å². The van der Waals surface area contributed by atoms with E-state index < -0.39 is 48.2 Å². The van der Waals surface area contributed by atoms with Gasteiger partial charge in [0.05, 0.1) is 38.6 Å². The van der Waals surface area contributed by atoms with Crippen LogP contribution in [0.5, 0.6) is 0 Å². The summed E-state index contributed by atoms with van der Waals surface area (Å²) in [5, 5.41) is 45.1. The smallest absolute Gasteiger partial charge is 0.306 e. The van der Waals surface area contributed by atoms with Crippen LogP contribution >= 0.6 is 0 Å². The molecule has 5 N–H and O–H groups in total. The summed E-state index contributed by atoms with van der Waals surface area (Å²) in [5.41, 5.74) is -1.25. The minimum Gasteiger partial charge on any atom is -0.461 e. The van der Waals surface area contributed by atoms with E-state index in [1.54, 1.807) is 18.7 Å². The normalized spacial score (nSPS) is 26.1.